The highest BCUT2D eigenvalue weighted by molar-refractivity contribution is 5.77. The van der Waals surface area contributed by atoms with Gasteiger partial charge in [0.25, 0.3) is 0 Å². The van der Waals surface area contributed by atoms with Crippen LogP contribution in [0.4, 0.5) is 5.82 Å². The van der Waals surface area contributed by atoms with E-state index < -0.39 is 4.92 Å². The number of nitrogens with zero attached hydrogens (tertiary/aromatic N) is 2. The lowest BCUT2D eigenvalue weighted by atomic mass is 10.2. The van der Waals surface area contributed by atoms with E-state index >= 15 is 0 Å². The molecule has 0 saturated heterocycles. The van der Waals surface area contributed by atoms with E-state index in [-0.39, 0.29) is 24.0 Å². The second-order valence-corrected chi connectivity index (χ2v) is 3.43. The van der Waals surface area contributed by atoms with Crippen molar-refractivity contribution in [2.75, 3.05) is 6.61 Å². The molecule has 0 radical (unpaired) electrons. The standard InChI is InChI=1S/C11H14N2O4/c1-2-9(14)5-4-8-17-10-6-3-7-12-11(10)13(15)16/h3,6-7H,2,4-5,8H2,1H3. The maximum atomic E-state index is 11.0. The van der Waals surface area contributed by atoms with Crippen LogP contribution in [0.25, 0.3) is 0 Å². The number of carbonyl (C=O) groups is 1. The first-order valence-corrected chi connectivity index (χ1v) is 5.39. The summed E-state index contributed by atoms with van der Waals surface area (Å²) in [6.45, 7) is 2.08. The van der Waals surface area contributed by atoms with Crippen LogP contribution in [0.5, 0.6) is 5.75 Å². The van der Waals surface area contributed by atoms with Gasteiger partial charge in [0.2, 0.25) is 5.75 Å². The van der Waals surface area contributed by atoms with Crippen molar-refractivity contribution in [3.63, 3.8) is 0 Å². The first kappa shape index (κ1) is 13.1. The average Bonchev–Trinajstić information content (AvgIpc) is 2.34. The van der Waals surface area contributed by atoms with Crippen LogP contribution in [0.3, 0.4) is 0 Å². The summed E-state index contributed by atoms with van der Waals surface area (Å²) in [6.07, 6.45) is 2.84. The fraction of sp³-hybridized carbons (Fsp3) is 0.455. The molecule has 0 unspecified atom stereocenters. The summed E-state index contributed by atoms with van der Waals surface area (Å²) < 4.78 is 5.24. The van der Waals surface area contributed by atoms with Crippen molar-refractivity contribution in [2.24, 2.45) is 0 Å². The second kappa shape index (κ2) is 6.57. The SMILES string of the molecule is CCC(=O)CCCOc1cccnc1[N+](=O)[O-]. The number of carbonyl (C=O) groups excluding carboxylic acids is 1. The molecular formula is C11H14N2O4. The molecule has 17 heavy (non-hydrogen) atoms. The van der Waals surface area contributed by atoms with Crippen LogP contribution in [0, 0.1) is 10.1 Å². The predicted octanol–water partition coefficient (Wildman–Crippen LogP) is 2.13. The molecule has 6 heteroatoms. The minimum atomic E-state index is -0.591. The molecule has 1 aromatic rings. The van der Waals surface area contributed by atoms with Gasteiger partial charge >= 0.3 is 5.82 Å². The predicted molar refractivity (Wildman–Crippen MR) is 60.9 cm³/mol. The van der Waals surface area contributed by atoms with Gasteiger partial charge < -0.3 is 14.9 Å². The highest BCUT2D eigenvalue weighted by atomic mass is 16.6. The Balaban J connectivity index is 2.46. The maximum Gasteiger partial charge on any atom is 0.406 e. The summed E-state index contributed by atoms with van der Waals surface area (Å²) >= 11 is 0. The van der Waals surface area contributed by atoms with E-state index in [0.29, 0.717) is 19.3 Å². The van der Waals surface area contributed by atoms with Crippen LogP contribution in [0.15, 0.2) is 18.3 Å². The zero-order valence-electron chi connectivity index (χ0n) is 9.59. The zero-order valence-corrected chi connectivity index (χ0v) is 9.59. The Bertz CT molecular complexity index is 406. The molecule has 0 bridgehead atoms. The van der Waals surface area contributed by atoms with Gasteiger partial charge in [-0.05, 0) is 28.5 Å². The van der Waals surface area contributed by atoms with Crippen molar-refractivity contribution in [1.82, 2.24) is 4.98 Å². The lowest BCUT2D eigenvalue weighted by molar-refractivity contribution is -0.390. The van der Waals surface area contributed by atoms with E-state index in [1.165, 1.54) is 12.3 Å². The molecule has 0 saturated carbocycles. The largest absolute Gasteiger partial charge is 0.486 e. The number of rotatable bonds is 7. The molecule has 0 atom stereocenters. The second-order valence-electron chi connectivity index (χ2n) is 3.43. The monoisotopic (exact) mass is 238 g/mol. The Morgan fingerprint density at radius 3 is 3.00 bits per heavy atom. The lowest BCUT2D eigenvalue weighted by Gasteiger charge is -2.05. The molecule has 0 aromatic carbocycles. The number of ether oxygens (including phenoxy) is 1. The normalized spacial score (nSPS) is 9.94. The number of hydrogen-bond donors (Lipinski definition) is 0. The van der Waals surface area contributed by atoms with Crippen molar-refractivity contribution >= 4 is 11.6 Å². The van der Waals surface area contributed by atoms with Gasteiger partial charge in [-0.3, -0.25) is 4.79 Å². The van der Waals surface area contributed by atoms with Crippen molar-refractivity contribution in [3.05, 3.63) is 28.4 Å². The highest BCUT2D eigenvalue weighted by Crippen LogP contribution is 2.22. The number of nitro groups is 1. The molecular weight excluding hydrogens is 224 g/mol. The van der Waals surface area contributed by atoms with E-state index in [1.54, 1.807) is 13.0 Å². The topological polar surface area (TPSA) is 82.3 Å². The summed E-state index contributed by atoms with van der Waals surface area (Å²) in [5, 5.41) is 10.6. The molecule has 1 heterocycles. The maximum absolute atomic E-state index is 11.0. The van der Waals surface area contributed by atoms with Crippen molar-refractivity contribution in [2.45, 2.75) is 26.2 Å². The van der Waals surface area contributed by atoms with Crippen LogP contribution in [0.2, 0.25) is 0 Å². The molecule has 0 aliphatic rings. The van der Waals surface area contributed by atoms with Gasteiger partial charge in [0, 0.05) is 12.8 Å². The van der Waals surface area contributed by atoms with Gasteiger partial charge in [-0.2, -0.15) is 0 Å². The first-order chi connectivity index (χ1) is 8.15. The van der Waals surface area contributed by atoms with E-state index in [9.17, 15) is 14.9 Å². The molecule has 0 spiro atoms. The Hall–Kier alpha value is -1.98. The summed E-state index contributed by atoms with van der Waals surface area (Å²) in [5.41, 5.74) is 0. The molecule has 6 nitrogen and oxygen atoms in total. The highest BCUT2D eigenvalue weighted by Gasteiger charge is 2.15. The van der Waals surface area contributed by atoms with Crippen molar-refractivity contribution in [1.29, 1.82) is 0 Å². The smallest absolute Gasteiger partial charge is 0.406 e. The van der Waals surface area contributed by atoms with Gasteiger partial charge in [0.05, 0.1) is 6.61 Å². The lowest BCUT2D eigenvalue weighted by Crippen LogP contribution is -2.04. The Morgan fingerprint density at radius 1 is 1.59 bits per heavy atom. The van der Waals surface area contributed by atoms with E-state index in [0.717, 1.165) is 0 Å². The van der Waals surface area contributed by atoms with Crippen molar-refractivity contribution in [3.8, 4) is 5.75 Å². The third kappa shape index (κ3) is 4.18. The van der Waals surface area contributed by atoms with Gasteiger partial charge in [-0.15, -0.1) is 0 Å². The Labute approximate surface area is 98.8 Å². The molecule has 0 aliphatic heterocycles. The molecule has 0 aliphatic carbocycles. The molecule has 0 fully saturated rings. The summed E-state index contributed by atoms with van der Waals surface area (Å²) in [6, 6.07) is 3.06. The quantitative estimate of drug-likeness (QED) is 0.413. The van der Waals surface area contributed by atoms with Crippen molar-refractivity contribution < 1.29 is 14.5 Å². The third-order valence-electron chi connectivity index (χ3n) is 2.18. The van der Waals surface area contributed by atoms with Crippen LogP contribution in [-0.4, -0.2) is 22.3 Å². The molecule has 0 N–H and O–H groups in total. The number of ketones is 1. The van der Waals surface area contributed by atoms with Crippen LogP contribution in [-0.2, 0) is 4.79 Å². The molecule has 1 rings (SSSR count). The van der Waals surface area contributed by atoms with Gasteiger partial charge in [-0.25, -0.2) is 0 Å². The number of Topliss-reactive ketones (excluding diaryl/α,β-unsaturated/α-hetero) is 1. The Kier molecular flexibility index (Phi) is 5.06. The minimum Gasteiger partial charge on any atom is -0.486 e. The summed E-state index contributed by atoms with van der Waals surface area (Å²) in [7, 11) is 0. The Morgan fingerprint density at radius 2 is 2.35 bits per heavy atom. The zero-order chi connectivity index (χ0) is 12.7. The summed E-state index contributed by atoms with van der Waals surface area (Å²) in [4.78, 5) is 24.7. The van der Waals surface area contributed by atoms with Gasteiger partial charge in [0.15, 0.2) is 0 Å². The van der Waals surface area contributed by atoms with Gasteiger partial charge in [0.1, 0.15) is 12.0 Å². The van der Waals surface area contributed by atoms with E-state index in [1.807, 2.05) is 0 Å². The number of aromatic nitrogens is 1. The number of hydrogen-bond acceptors (Lipinski definition) is 5. The van der Waals surface area contributed by atoms with E-state index in [4.69, 9.17) is 4.74 Å². The minimum absolute atomic E-state index is 0.140. The average molecular weight is 238 g/mol. The fourth-order valence-corrected chi connectivity index (χ4v) is 1.26. The van der Waals surface area contributed by atoms with Crippen LogP contribution < -0.4 is 4.74 Å². The first-order valence-electron chi connectivity index (χ1n) is 5.39. The van der Waals surface area contributed by atoms with Gasteiger partial charge in [-0.1, -0.05) is 6.92 Å². The van der Waals surface area contributed by atoms with E-state index in [2.05, 4.69) is 4.98 Å². The molecule has 0 amide bonds. The van der Waals surface area contributed by atoms with Crippen LogP contribution >= 0.6 is 0 Å². The van der Waals surface area contributed by atoms with Crippen LogP contribution in [0.1, 0.15) is 26.2 Å². The fourth-order valence-electron chi connectivity index (χ4n) is 1.26. The third-order valence-corrected chi connectivity index (χ3v) is 2.18. The molecule has 92 valence electrons. The molecule has 1 aromatic heterocycles. The number of pyridine rings is 1. The summed E-state index contributed by atoms with van der Waals surface area (Å²) in [5.74, 6) is 0.00468.